The minimum atomic E-state index is -3.51. The van der Waals surface area contributed by atoms with Gasteiger partial charge in [0.15, 0.2) is 11.5 Å². The van der Waals surface area contributed by atoms with E-state index >= 15 is 0 Å². The Bertz CT molecular complexity index is 1230. The highest BCUT2D eigenvalue weighted by atomic mass is 32.2. The molecule has 0 unspecified atom stereocenters. The molecule has 3 aromatic rings. The number of hydrogen-bond acceptors (Lipinski definition) is 7. The molecule has 0 bridgehead atoms. The van der Waals surface area contributed by atoms with E-state index in [1.165, 1.54) is 0 Å². The second kappa shape index (κ2) is 7.65. The smallest absolute Gasteiger partial charge is 0.243 e. The van der Waals surface area contributed by atoms with E-state index in [1.54, 1.807) is 16.4 Å². The van der Waals surface area contributed by atoms with Gasteiger partial charge in [0, 0.05) is 24.6 Å². The molecule has 2 aliphatic rings. The SMILES string of the molecule is Cc1ccc(S(=O)(=O)N2CCC(c3nc(-c4ccc5c(c4)OCO5)no3)CC2)cc1C. The molecule has 0 aliphatic carbocycles. The normalized spacial score (nSPS) is 17.2. The molecule has 8 nitrogen and oxygen atoms in total. The lowest BCUT2D eigenvalue weighted by atomic mass is 9.98. The van der Waals surface area contributed by atoms with Crippen molar-refractivity contribution in [1.29, 1.82) is 0 Å². The maximum atomic E-state index is 13.0. The molecule has 1 fully saturated rings. The Labute approximate surface area is 180 Å². The third-order valence-corrected chi connectivity index (χ3v) is 7.89. The van der Waals surface area contributed by atoms with Crippen LogP contribution in [0.1, 0.15) is 35.8 Å². The molecule has 162 valence electrons. The van der Waals surface area contributed by atoms with Gasteiger partial charge in [-0.05, 0) is 68.1 Å². The van der Waals surface area contributed by atoms with Crippen molar-refractivity contribution in [3.63, 3.8) is 0 Å². The molecule has 2 aromatic carbocycles. The molecule has 0 saturated carbocycles. The lowest BCUT2D eigenvalue weighted by molar-refractivity contribution is 0.174. The molecule has 3 heterocycles. The number of hydrogen-bond donors (Lipinski definition) is 0. The zero-order valence-electron chi connectivity index (χ0n) is 17.4. The second-order valence-corrected chi connectivity index (χ2v) is 9.89. The Balaban J connectivity index is 1.28. The topological polar surface area (TPSA) is 94.8 Å². The third-order valence-electron chi connectivity index (χ3n) is 5.99. The molecule has 0 amide bonds. The van der Waals surface area contributed by atoms with Gasteiger partial charge in [0.2, 0.25) is 28.5 Å². The number of sulfonamides is 1. The summed E-state index contributed by atoms with van der Waals surface area (Å²) in [6.45, 7) is 4.94. The van der Waals surface area contributed by atoms with Crippen molar-refractivity contribution in [2.24, 2.45) is 0 Å². The number of fused-ring (bicyclic) bond motifs is 1. The van der Waals surface area contributed by atoms with E-state index in [-0.39, 0.29) is 12.7 Å². The summed E-state index contributed by atoms with van der Waals surface area (Å²) in [5.41, 5.74) is 2.83. The standard InChI is InChI=1S/C22H23N3O5S/c1-14-3-5-18(11-15(14)2)31(26,27)25-9-7-16(8-10-25)22-23-21(24-30-22)17-4-6-19-20(12-17)29-13-28-19/h3-6,11-12,16H,7-10,13H2,1-2H3. The Kier molecular flexibility index (Phi) is 4.94. The van der Waals surface area contributed by atoms with Crippen molar-refractivity contribution in [3.8, 4) is 22.9 Å². The van der Waals surface area contributed by atoms with Gasteiger partial charge in [-0.1, -0.05) is 11.2 Å². The second-order valence-electron chi connectivity index (χ2n) is 7.95. The first kappa shape index (κ1) is 20.0. The molecule has 0 spiro atoms. The fraction of sp³-hybridized carbons (Fsp3) is 0.364. The van der Waals surface area contributed by atoms with Crippen molar-refractivity contribution in [2.45, 2.75) is 37.5 Å². The fourth-order valence-electron chi connectivity index (χ4n) is 3.92. The van der Waals surface area contributed by atoms with Gasteiger partial charge in [-0.2, -0.15) is 9.29 Å². The zero-order valence-corrected chi connectivity index (χ0v) is 18.2. The van der Waals surface area contributed by atoms with Crippen LogP contribution in [0.5, 0.6) is 11.5 Å². The molecule has 0 atom stereocenters. The van der Waals surface area contributed by atoms with E-state index in [4.69, 9.17) is 14.0 Å². The minimum absolute atomic E-state index is 0.0291. The van der Waals surface area contributed by atoms with Crippen molar-refractivity contribution in [1.82, 2.24) is 14.4 Å². The summed E-state index contributed by atoms with van der Waals surface area (Å²) >= 11 is 0. The average Bonchev–Trinajstić information content (AvgIpc) is 3.45. The van der Waals surface area contributed by atoms with Crippen LogP contribution in [0.3, 0.4) is 0 Å². The Hall–Kier alpha value is -2.91. The van der Waals surface area contributed by atoms with Crippen molar-refractivity contribution < 1.29 is 22.4 Å². The Morgan fingerprint density at radius 3 is 2.52 bits per heavy atom. The molecular formula is C22H23N3O5S. The van der Waals surface area contributed by atoms with Crippen LogP contribution in [0, 0.1) is 13.8 Å². The number of nitrogens with zero attached hydrogens (tertiary/aromatic N) is 3. The van der Waals surface area contributed by atoms with Gasteiger partial charge in [0.05, 0.1) is 4.90 Å². The van der Waals surface area contributed by atoms with E-state index in [0.29, 0.717) is 54.0 Å². The summed E-state index contributed by atoms with van der Waals surface area (Å²) in [5.74, 6) is 2.41. The van der Waals surface area contributed by atoms with Crippen LogP contribution in [-0.4, -0.2) is 42.7 Å². The van der Waals surface area contributed by atoms with Crippen LogP contribution in [0.4, 0.5) is 0 Å². The van der Waals surface area contributed by atoms with Crippen molar-refractivity contribution in [2.75, 3.05) is 19.9 Å². The number of rotatable bonds is 4. The summed E-state index contributed by atoms with van der Waals surface area (Å²) in [6.07, 6.45) is 1.26. The number of piperidine rings is 1. The molecule has 1 aromatic heterocycles. The van der Waals surface area contributed by atoms with E-state index < -0.39 is 10.0 Å². The van der Waals surface area contributed by atoms with Crippen molar-refractivity contribution >= 4 is 10.0 Å². The number of benzene rings is 2. The predicted octanol–water partition coefficient (Wildman–Crippen LogP) is 3.65. The average molecular weight is 442 g/mol. The number of aromatic nitrogens is 2. The summed E-state index contributed by atoms with van der Waals surface area (Å²) in [5, 5.41) is 4.11. The van der Waals surface area contributed by atoms with Crippen LogP contribution in [0.15, 0.2) is 45.8 Å². The molecule has 9 heteroatoms. The summed E-state index contributed by atoms with van der Waals surface area (Å²) in [7, 11) is -3.51. The van der Waals surface area contributed by atoms with Gasteiger partial charge in [0.1, 0.15) is 0 Å². The monoisotopic (exact) mass is 441 g/mol. The Morgan fingerprint density at radius 2 is 1.74 bits per heavy atom. The first-order chi connectivity index (χ1) is 14.9. The van der Waals surface area contributed by atoms with E-state index in [2.05, 4.69) is 10.1 Å². The summed E-state index contributed by atoms with van der Waals surface area (Å²) in [6, 6.07) is 10.8. The fourth-order valence-corrected chi connectivity index (χ4v) is 5.48. The highest BCUT2D eigenvalue weighted by Crippen LogP contribution is 2.36. The van der Waals surface area contributed by atoms with Crippen LogP contribution >= 0.6 is 0 Å². The van der Waals surface area contributed by atoms with Crippen LogP contribution in [0.25, 0.3) is 11.4 Å². The summed E-state index contributed by atoms with van der Waals surface area (Å²) in [4.78, 5) is 4.90. The third kappa shape index (κ3) is 3.68. The lowest BCUT2D eigenvalue weighted by Crippen LogP contribution is -2.38. The molecule has 5 rings (SSSR count). The van der Waals surface area contributed by atoms with Crippen LogP contribution in [-0.2, 0) is 10.0 Å². The van der Waals surface area contributed by atoms with E-state index in [9.17, 15) is 8.42 Å². The van der Waals surface area contributed by atoms with E-state index in [0.717, 1.165) is 16.7 Å². The highest BCUT2D eigenvalue weighted by molar-refractivity contribution is 7.89. The molecule has 2 aliphatic heterocycles. The predicted molar refractivity (Wildman–Crippen MR) is 113 cm³/mol. The number of aryl methyl sites for hydroxylation is 2. The molecule has 0 radical (unpaired) electrons. The zero-order chi connectivity index (χ0) is 21.6. The minimum Gasteiger partial charge on any atom is -0.454 e. The van der Waals surface area contributed by atoms with Crippen molar-refractivity contribution in [3.05, 3.63) is 53.4 Å². The maximum absolute atomic E-state index is 13.0. The maximum Gasteiger partial charge on any atom is 0.243 e. The Morgan fingerprint density at radius 1 is 0.968 bits per heavy atom. The highest BCUT2D eigenvalue weighted by Gasteiger charge is 2.32. The van der Waals surface area contributed by atoms with Gasteiger partial charge >= 0.3 is 0 Å². The quantitative estimate of drug-likeness (QED) is 0.610. The van der Waals surface area contributed by atoms with Crippen LogP contribution in [0.2, 0.25) is 0 Å². The van der Waals surface area contributed by atoms with Crippen LogP contribution < -0.4 is 9.47 Å². The molecule has 1 saturated heterocycles. The summed E-state index contributed by atoms with van der Waals surface area (Å²) < 4.78 is 43.9. The molecular weight excluding hydrogens is 418 g/mol. The first-order valence-corrected chi connectivity index (χ1v) is 11.7. The van der Waals surface area contributed by atoms with Gasteiger partial charge in [-0.25, -0.2) is 8.42 Å². The van der Waals surface area contributed by atoms with Gasteiger partial charge in [0.25, 0.3) is 0 Å². The van der Waals surface area contributed by atoms with Gasteiger partial charge in [-0.3, -0.25) is 0 Å². The largest absolute Gasteiger partial charge is 0.454 e. The lowest BCUT2D eigenvalue weighted by Gasteiger charge is -2.29. The molecule has 31 heavy (non-hydrogen) atoms. The number of ether oxygens (including phenoxy) is 2. The van der Waals surface area contributed by atoms with Gasteiger partial charge < -0.3 is 14.0 Å². The first-order valence-electron chi connectivity index (χ1n) is 10.2. The van der Waals surface area contributed by atoms with E-state index in [1.807, 2.05) is 38.1 Å². The molecule has 0 N–H and O–H groups in total. The van der Waals surface area contributed by atoms with Gasteiger partial charge in [-0.15, -0.1) is 0 Å².